The van der Waals surface area contributed by atoms with Gasteiger partial charge in [-0.25, -0.2) is 4.99 Å². The van der Waals surface area contributed by atoms with Crippen molar-refractivity contribution < 1.29 is 33.8 Å². The summed E-state index contributed by atoms with van der Waals surface area (Å²) in [5, 5.41) is 15.2. The highest BCUT2D eigenvalue weighted by Crippen LogP contribution is 2.30. The van der Waals surface area contributed by atoms with Crippen LogP contribution in [-0.2, 0) is 35.1 Å². The largest absolute Gasteiger partial charge is 0.394 e. The summed E-state index contributed by atoms with van der Waals surface area (Å²) in [7, 11) is 12.5. The van der Waals surface area contributed by atoms with Crippen molar-refractivity contribution in [3.8, 4) is 0 Å². The van der Waals surface area contributed by atoms with Gasteiger partial charge in [0.25, 0.3) is 0 Å². The van der Waals surface area contributed by atoms with E-state index in [0.29, 0.717) is 18.9 Å². The fraction of sp³-hybridized carbons (Fsp3) is 0.732. The smallest absolute Gasteiger partial charge is 0.247 e. The normalized spacial score (nSPS) is 18.6. The molecule has 0 aromatic heterocycles. The van der Waals surface area contributed by atoms with Crippen molar-refractivity contribution in [2.75, 3.05) is 62.6 Å². The number of ether oxygens (including phenoxy) is 2. The number of aliphatic imine (C=N–C) groups is 1. The monoisotopic (exact) mass is 774 g/mol. The summed E-state index contributed by atoms with van der Waals surface area (Å²) in [5.74, 6) is -1.14. The number of amides is 4. The molecule has 3 N–H and O–H groups in total. The topological polar surface area (TPSA) is 156 Å². The molecule has 0 bridgehead atoms. The van der Waals surface area contributed by atoms with Gasteiger partial charge in [-0.15, -0.1) is 0 Å². The van der Waals surface area contributed by atoms with Crippen LogP contribution in [0, 0.1) is 17.8 Å². The van der Waals surface area contributed by atoms with E-state index in [1.54, 1.807) is 37.8 Å². The van der Waals surface area contributed by atoms with Crippen molar-refractivity contribution in [1.82, 2.24) is 30.2 Å². The SMILES string of the molecule is CC[C@H](C)[C@@H]([C@@H](CC(=O)N1CCC[C@H]1[C@H](OC)[C@@H](C)C(=O)N[C@@H](Cc1ccccc1)C(=O)N[C@@H](C)CO)OC)N(C)C(=O)[C@@H](N=C(N(C)C)N(C)C)C(C)C. The molecule has 1 aromatic rings. The lowest BCUT2D eigenvalue weighted by Crippen LogP contribution is -2.56. The Labute approximate surface area is 330 Å². The predicted octanol–water partition coefficient (Wildman–Crippen LogP) is 2.64. The van der Waals surface area contributed by atoms with Gasteiger partial charge >= 0.3 is 0 Å². The Hall–Kier alpha value is -3.75. The van der Waals surface area contributed by atoms with Crippen LogP contribution < -0.4 is 10.6 Å². The van der Waals surface area contributed by atoms with E-state index in [0.717, 1.165) is 18.4 Å². The third-order valence-electron chi connectivity index (χ3n) is 10.8. The second-order valence-corrected chi connectivity index (χ2v) is 15.8. The first kappa shape index (κ1) is 47.4. The van der Waals surface area contributed by atoms with Crippen LogP contribution in [-0.4, -0.2) is 159 Å². The maximum absolute atomic E-state index is 14.3. The number of carbonyl (C=O) groups is 4. The molecule has 55 heavy (non-hydrogen) atoms. The van der Waals surface area contributed by atoms with Crippen molar-refractivity contribution in [2.45, 2.75) is 116 Å². The van der Waals surface area contributed by atoms with Gasteiger partial charge in [0, 0.05) is 68.5 Å². The number of hydrogen-bond acceptors (Lipinski definition) is 8. The van der Waals surface area contributed by atoms with E-state index in [1.807, 2.05) is 82.2 Å². The van der Waals surface area contributed by atoms with Crippen molar-refractivity contribution in [3.63, 3.8) is 0 Å². The van der Waals surface area contributed by atoms with Crippen molar-refractivity contribution in [2.24, 2.45) is 22.7 Å². The van der Waals surface area contributed by atoms with E-state index in [4.69, 9.17) is 14.5 Å². The van der Waals surface area contributed by atoms with Gasteiger partial charge in [-0.05, 0) is 37.2 Å². The van der Waals surface area contributed by atoms with Gasteiger partial charge in [-0.2, -0.15) is 0 Å². The lowest BCUT2D eigenvalue weighted by molar-refractivity contribution is -0.146. The van der Waals surface area contributed by atoms with Crippen LogP contribution in [0.4, 0.5) is 0 Å². The molecule has 1 fully saturated rings. The zero-order chi connectivity index (χ0) is 41.6. The van der Waals surface area contributed by atoms with Crippen LogP contribution in [0.1, 0.15) is 72.8 Å². The van der Waals surface area contributed by atoms with E-state index >= 15 is 0 Å². The fourth-order valence-electron chi connectivity index (χ4n) is 7.51. The zero-order valence-electron chi connectivity index (χ0n) is 35.7. The van der Waals surface area contributed by atoms with Crippen LogP contribution in [0.25, 0.3) is 0 Å². The number of nitrogens with one attached hydrogen (secondary N) is 2. The first-order valence-corrected chi connectivity index (χ1v) is 19.7. The van der Waals surface area contributed by atoms with Gasteiger partial charge in [0.2, 0.25) is 23.6 Å². The Balaban J connectivity index is 2.33. The molecule has 0 saturated carbocycles. The van der Waals surface area contributed by atoms with Crippen LogP contribution in [0.15, 0.2) is 35.3 Å². The lowest BCUT2D eigenvalue weighted by atomic mass is 9.89. The van der Waals surface area contributed by atoms with Gasteiger partial charge in [0.05, 0.1) is 43.2 Å². The molecule has 14 heteroatoms. The summed E-state index contributed by atoms with van der Waals surface area (Å²) in [6.45, 7) is 11.8. The molecule has 4 amide bonds. The number of likely N-dealkylation sites (N-methyl/N-ethyl adjacent to an activating group) is 1. The number of benzene rings is 1. The minimum atomic E-state index is -0.886. The van der Waals surface area contributed by atoms with Gasteiger partial charge in [-0.3, -0.25) is 19.2 Å². The third-order valence-corrected chi connectivity index (χ3v) is 10.8. The van der Waals surface area contributed by atoms with Gasteiger partial charge in [0.15, 0.2) is 5.96 Å². The maximum atomic E-state index is 14.3. The third kappa shape index (κ3) is 13.2. The minimum absolute atomic E-state index is 0.0110. The van der Waals surface area contributed by atoms with E-state index < -0.39 is 48.2 Å². The molecule has 0 aliphatic carbocycles. The molecule has 1 heterocycles. The average Bonchev–Trinajstić information content (AvgIpc) is 3.63. The number of rotatable bonds is 20. The number of guanidine groups is 1. The van der Waals surface area contributed by atoms with Crippen molar-refractivity contribution >= 4 is 29.6 Å². The second-order valence-electron chi connectivity index (χ2n) is 15.8. The minimum Gasteiger partial charge on any atom is -0.394 e. The van der Waals surface area contributed by atoms with Crippen LogP contribution in [0.5, 0.6) is 0 Å². The first-order chi connectivity index (χ1) is 25.9. The van der Waals surface area contributed by atoms with Crippen molar-refractivity contribution in [3.05, 3.63) is 35.9 Å². The highest BCUT2D eigenvalue weighted by molar-refractivity contribution is 5.89. The number of hydrogen-bond donors (Lipinski definition) is 3. The average molecular weight is 774 g/mol. The number of aliphatic hydroxyl groups is 1. The summed E-state index contributed by atoms with van der Waals surface area (Å²) in [6, 6.07) is 6.60. The summed E-state index contributed by atoms with van der Waals surface area (Å²) in [5.41, 5.74) is 0.873. The number of carbonyl (C=O) groups excluding carboxylic acids is 4. The number of methoxy groups -OCH3 is 2. The molecule has 0 unspecified atom stereocenters. The Morgan fingerprint density at radius 1 is 0.927 bits per heavy atom. The highest BCUT2D eigenvalue weighted by atomic mass is 16.5. The zero-order valence-corrected chi connectivity index (χ0v) is 35.7. The molecule has 1 aliphatic heterocycles. The van der Waals surface area contributed by atoms with E-state index in [2.05, 4.69) is 24.5 Å². The van der Waals surface area contributed by atoms with Gasteiger partial charge < -0.3 is 44.8 Å². The van der Waals surface area contributed by atoms with E-state index in [9.17, 15) is 24.3 Å². The summed E-state index contributed by atoms with van der Waals surface area (Å²) >= 11 is 0. The number of likely N-dealkylation sites (tertiary alicyclic amines) is 1. The molecule has 1 aromatic carbocycles. The molecule has 0 radical (unpaired) electrons. The summed E-state index contributed by atoms with van der Waals surface area (Å²) in [4.78, 5) is 67.8. The molecule has 312 valence electrons. The molecule has 2 rings (SSSR count). The first-order valence-electron chi connectivity index (χ1n) is 19.7. The van der Waals surface area contributed by atoms with Crippen LogP contribution in [0.3, 0.4) is 0 Å². The molecule has 0 spiro atoms. The molecule has 1 aliphatic rings. The standard InChI is InChI=1S/C41H71N7O7/c1-14-27(4)36(47(11)40(53)35(26(2)3)44-41(45(7)8)46(9)10)33(54-12)24-34(50)48-22-18-21-32(48)37(55-13)29(6)38(51)43-31(39(52)42-28(5)25-49)23-30-19-16-15-17-20-30/h15-17,19-20,26-29,31-33,35-37,49H,14,18,21-25H2,1-13H3,(H,42,52)(H,43,51)/t27-,28-,29+,31-,32-,33+,35-,36-,37+/m0/s1. The summed E-state index contributed by atoms with van der Waals surface area (Å²) < 4.78 is 12.0. The lowest BCUT2D eigenvalue weighted by Gasteiger charge is -2.40. The molecule has 14 nitrogen and oxygen atoms in total. The fourth-order valence-corrected chi connectivity index (χ4v) is 7.51. The Kier molecular flexibility index (Phi) is 19.6. The molecule has 1 saturated heterocycles. The quantitative estimate of drug-likeness (QED) is 0.134. The second kappa shape index (κ2) is 22.7. The Morgan fingerprint density at radius 3 is 2.05 bits per heavy atom. The Bertz CT molecular complexity index is 1380. The van der Waals surface area contributed by atoms with Gasteiger partial charge in [0.1, 0.15) is 12.1 Å². The molecular weight excluding hydrogens is 702 g/mol. The maximum Gasteiger partial charge on any atom is 0.247 e. The van der Waals surface area contributed by atoms with E-state index in [1.165, 1.54) is 7.11 Å². The summed E-state index contributed by atoms with van der Waals surface area (Å²) in [6.07, 6.45) is 1.19. The van der Waals surface area contributed by atoms with E-state index in [-0.39, 0.29) is 55.0 Å². The van der Waals surface area contributed by atoms with Crippen LogP contribution >= 0.6 is 0 Å². The Morgan fingerprint density at radius 2 is 1.55 bits per heavy atom. The highest BCUT2D eigenvalue weighted by Gasteiger charge is 2.43. The van der Waals surface area contributed by atoms with Gasteiger partial charge in [-0.1, -0.05) is 71.4 Å². The number of nitrogens with zero attached hydrogens (tertiary/aromatic N) is 5. The van der Waals surface area contributed by atoms with Crippen LogP contribution in [0.2, 0.25) is 0 Å². The number of aliphatic hydroxyl groups excluding tert-OH is 1. The predicted molar refractivity (Wildman–Crippen MR) is 216 cm³/mol. The molecule has 9 atom stereocenters. The van der Waals surface area contributed by atoms with Crippen molar-refractivity contribution in [1.29, 1.82) is 0 Å². The molecular formula is C41H71N7O7.